The Hall–Kier alpha value is -0.470. The van der Waals surface area contributed by atoms with Gasteiger partial charge in [-0.15, -0.1) is 0 Å². The van der Waals surface area contributed by atoms with E-state index in [2.05, 4.69) is 15.9 Å². The van der Waals surface area contributed by atoms with Gasteiger partial charge in [-0.1, -0.05) is 28.1 Å². The monoisotopic (exact) mass is 346 g/mol. The highest BCUT2D eigenvalue weighted by atomic mass is 79.9. The lowest BCUT2D eigenvalue weighted by molar-refractivity contribution is -0.0677. The summed E-state index contributed by atoms with van der Waals surface area (Å²) in [7, 11) is -3.36. The van der Waals surface area contributed by atoms with Gasteiger partial charge in [0.1, 0.15) is 5.60 Å². The molecule has 0 saturated carbocycles. The van der Waals surface area contributed by atoms with Crippen molar-refractivity contribution >= 4 is 26.1 Å². The van der Waals surface area contributed by atoms with Crippen LogP contribution in [0.2, 0.25) is 0 Å². The van der Waals surface area contributed by atoms with Gasteiger partial charge in [-0.3, -0.25) is 0 Å². The average Bonchev–Trinajstić information content (AvgIpc) is 2.22. The molecule has 1 aromatic carbocycles. The van der Waals surface area contributed by atoms with Crippen LogP contribution in [0.4, 0.5) is 0 Å². The number of nitrogens with zero attached hydrogens (tertiary/aromatic N) is 2. The van der Waals surface area contributed by atoms with E-state index in [4.69, 9.17) is 0 Å². The van der Waals surface area contributed by atoms with Gasteiger partial charge in [0.2, 0.25) is 0 Å². The number of rotatable bonds is 3. The van der Waals surface area contributed by atoms with Crippen LogP contribution in [-0.4, -0.2) is 48.3 Å². The van der Waals surface area contributed by atoms with Gasteiger partial charge in [-0.2, -0.15) is 17.0 Å². The van der Waals surface area contributed by atoms with Gasteiger partial charge < -0.3 is 5.11 Å². The molecule has 2 aliphatic rings. The fourth-order valence-corrected chi connectivity index (χ4v) is 4.39. The lowest BCUT2D eigenvalue weighted by Gasteiger charge is -2.48. The normalized spacial score (nSPS) is 23.7. The first kappa shape index (κ1) is 13.5. The van der Waals surface area contributed by atoms with E-state index in [0.717, 1.165) is 16.5 Å². The van der Waals surface area contributed by atoms with E-state index < -0.39 is 15.8 Å². The minimum Gasteiger partial charge on any atom is -0.382 e. The molecule has 19 heavy (non-hydrogen) atoms. The molecule has 2 aliphatic heterocycles. The molecule has 3 rings (SSSR count). The molecule has 2 saturated heterocycles. The van der Waals surface area contributed by atoms with Crippen LogP contribution in [0.1, 0.15) is 12.0 Å². The smallest absolute Gasteiger partial charge is 0.282 e. The van der Waals surface area contributed by atoms with E-state index in [0.29, 0.717) is 13.1 Å². The fraction of sp³-hybridized carbons (Fsp3) is 0.500. The highest BCUT2D eigenvalue weighted by Gasteiger charge is 2.50. The van der Waals surface area contributed by atoms with Crippen LogP contribution in [0, 0.1) is 0 Å². The number of aliphatic hydroxyl groups is 1. The molecule has 0 unspecified atom stereocenters. The molecule has 0 aliphatic carbocycles. The molecule has 2 heterocycles. The molecule has 0 aromatic heterocycles. The molecule has 7 heteroatoms. The molecular formula is C12H15BrN2O3S. The van der Waals surface area contributed by atoms with Crippen molar-refractivity contribution in [1.29, 1.82) is 0 Å². The summed E-state index contributed by atoms with van der Waals surface area (Å²) < 4.78 is 27.9. The van der Waals surface area contributed by atoms with Gasteiger partial charge in [0.25, 0.3) is 10.2 Å². The van der Waals surface area contributed by atoms with Crippen LogP contribution < -0.4 is 0 Å². The van der Waals surface area contributed by atoms with Crippen molar-refractivity contribution in [3.63, 3.8) is 0 Å². The summed E-state index contributed by atoms with van der Waals surface area (Å²) >= 11 is 3.34. The Bertz CT molecular complexity index is 577. The van der Waals surface area contributed by atoms with E-state index in [9.17, 15) is 13.5 Å². The summed E-state index contributed by atoms with van der Waals surface area (Å²) in [4.78, 5) is 0. The van der Waals surface area contributed by atoms with Crippen molar-refractivity contribution in [2.75, 3.05) is 26.2 Å². The second-order valence-corrected chi connectivity index (χ2v) is 7.91. The molecule has 0 amide bonds. The van der Waals surface area contributed by atoms with Crippen molar-refractivity contribution in [3.05, 3.63) is 34.3 Å². The molecule has 5 nitrogen and oxygen atoms in total. The van der Waals surface area contributed by atoms with Crippen LogP contribution in [0.25, 0.3) is 0 Å². The van der Waals surface area contributed by atoms with E-state index >= 15 is 0 Å². The third-order valence-corrected chi connectivity index (χ3v) is 6.18. The quantitative estimate of drug-likeness (QED) is 0.884. The molecule has 104 valence electrons. The largest absolute Gasteiger partial charge is 0.382 e. The van der Waals surface area contributed by atoms with Crippen molar-refractivity contribution in [3.8, 4) is 0 Å². The highest BCUT2D eigenvalue weighted by Crippen LogP contribution is 2.35. The van der Waals surface area contributed by atoms with Gasteiger partial charge in [-0.25, -0.2) is 0 Å². The Morgan fingerprint density at radius 2 is 1.68 bits per heavy atom. The SMILES string of the molecule is O=S(=O)(N1CCC1)N1CC(O)(c2ccc(Br)cc2)C1. The van der Waals surface area contributed by atoms with Crippen molar-refractivity contribution in [2.45, 2.75) is 12.0 Å². The standard InChI is InChI=1S/C12H15BrN2O3S/c13-11-4-2-10(3-5-11)12(16)8-15(9-12)19(17,18)14-6-1-7-14/h2-5,16H,1,6-9H2. The minimum absolute atomic E-state index is 0.132. The lowest BCUT2D eigenvalue weighted by Crippen LogP contribution is -2.65. The minimum atomic E-state index is -3.36. The maximum atomic E-state index is 12.1. The Morgan fingerprint density at radius 1 is 1.11 bits per heavy atom. The first-order valence-corrected chi connectivity index (χ1v) is 8.34. The maximum Gasteiger partial charge on any atom is 0.282 e. The zero-order chi connectivity index (χ0) is 13.7. The van der Waals surface area contributed by atoms with Crippen LogP contribution in [0.15, 0.2) is 28.7 Å². The van der Waals surface area contributed by atoms with Gasteiger partial charge in [0.05, 0.1) is 0 Å². The van der Waals surface area contributed by atoms with Crippen LogP contribution in [-0.2, 0) is 15.8 Å². The number of hydrogen-bond donors (Lipinski definition) is 1. The third kappa shape index (κ3) is 2.23. The number of halogens is 1. The number of β-amino-alcohol motifs (C(OH)–C–C–N with tert-alkyl or cyclic N) is 1. The first-order valence-electron chi connectivity index (χ1n) is 6.15. The number of benzene rings is 1. The van der Waals surface area contributed by atoms with Gasteiger partial charge in [0, 0.05) is 30.7 Å². The summed E-state index contributed by atoms with van der Waals surface area (Å²) in [5.74, 6) is 0. The summed E-state index contributed by atoms with van der Waals surface area (Å²) in [6, 6.07) is 7.33. The number of hydrogen-bond acceptors (Lipinski definition) is 3. The summed E-state index contributed by atoms with van der Waals surface area (Å²) in [5, 5.41) is 10.4. The lowest BCUT2D eigenvalue weighted by atomic mass is 9.88. The van der Waals surface area contributed by atoms with E-state index in [1.807, 2.05) is 24.3 Å². The Kier molecular flexibility index (Phi) is 3.22. The molecule has 1 N–H and O–H groups in total. The maximum absolute atomic E-state index is 12.1. The van der Waals surface area contributed by atoms with Crippen molar-refractivity contribution < 1.29 is 13.5 Å². The summed E-state index contributed by atoms with van der Waals surface area (Å²) in [6.07, 6.45) is 0.921. The third-order valence-electron chi connectivity index (χ3n) is 3.73. The molecule has 0 atom stereocenters. The highest BCUT2D eigenvalue weighted by molar-refractivity contribution is 9.10. The van der Waals surface area contributed by atoms with Crippen molar-refractivity contribution in [2.24, 2.45) is 0 Å². The van der Waals surface area contributed by atoms with Gasteiger partial charge >= 0.3 is 0 Å². The Labute approximate surface area is 121 Å². The van der Waals surface area contributed by atoms with Gasteiger partial charge in [0.15, 0.2) is 0 Å². The second-order valence-electron chi connectivity index (χ2n) is 5.07. The van der Waals surface area contributed by atoms with Crippen molar-refractivity contribution in [1.82, 2.24) is 8.61 Å². The van der Waals surface area contributed by atoms with E-state index in [-0.39, 0.29) is 13.1 Å². The molecule has 0 radical (unpaired) electrons. The predicted molar refractivity (Wildman–Crippen MR) is 74.7 cm³/mol. The molecular weight excluding hydrogens is 332 g/mol. The van der Waals surface area contributed by atoms with Gasteiger partial charge in [-0.05, 0) is 24.1 Å². The van der Waals surface area contributed by atoms with Crippen LogP contribution in [0.3, 0.4) is 0 Å². The Morgan fingerprint density at radius 3 is 2.16 bits per heavy atom. The fourth-order valence-electron chi connectivity index (χ4n) is 2.32. The average molecular weight is 347 g/mol. The van der Waals surface area contributed by atoms with Crippen LogP contribution >= 0.6 is 15.9 Å². The Balaban J connectivity index is 1.73. The summed E-state index contributed by atoms with van der Waals surface area (Å²) in [6.45, 7) is 1.45. The molecule has 2 fully saturated rings. The topological polar surface area (TPSA) is 60.9 Å². The molecule has 0 spiro atoms. The van der Waals surface area contributed by atoms with Crippen LogP contribution in [0.5, 0.6) is 0 Å². The molecule has 1 aromatic rings. The predicted octanol–water partition coefficient (Wildman–Crippen LogP) is 0.903. The zero-order valence-electron chi connectivity index (χ0n) is 10.3. The van der Waals surface area contributed by atoms with E-state index in [1.54, 1.807) is 0 Å². The zero-order valence-corrected chi connectivity index (χ0v) is 12.7. The summed E-state index contributed by atoms with van der Waals surface area (Å²) in [5.41, 5.74) is -0.302. The van der Waals surface area contributed by atoms with E-state index in [1.165, 1.54) is 8.61 Å². The first-order chi connectivity index (χ1) is 8.92. The second kappa shape index (κ2) is 4.53. The molecule has 0 bridgehead atoms.